The summed E-state index contributed by atoms with van der Waals surface area (Å²) in [4.78, 5) is 16.5. The molecular formula is C21H24Cl3N3O. The van der Waals surface area contributed by atoms with Gasteiger partial charge in [0.15, 0.2) is 0 Å². The van der Waals surface area contributed by atoms with E-state index < -0.39 is 0 Å². The third kappa shape index (κ3) is 5.77. The molecular weight excluding hydrogens is 417 g/mol. The Labute approximate surface area is 181 Å². The summed E-state index contributed by atoms with van der Waals surface area (Å²) in [6.07, 6.45) is 2.05. The molecule has 2 saturated heterocycles. The van der Waals surface area contributed by atoms with Crippen LogP contribution in [-0.4, -0.2) is 49.6 Å². The number of carbonyl (C=O) groups is 1. The molecule has 1 N–H and O–H groups in total. The number of nitrogens with zero attached hydrogens (tertiary/aromatic N) is 2. The van der Waals surface area contributed by atoms with Gasteiger partial charge in [0.25, 0.3) is 0 Å². The van der Waals surface area contributed by atoms with Gasteiger partial charge in [0, 0.05) is 36.2 Å². The molecule has 0 bridgehead atoms. The molecule has 28 heavy (non-hydrogen) atoms. The Balaban J connectivity index is 0.000000271. The van der Waals surface area contributed by atoms with E-state index >= 15 is 0 Å². The maximum atomic E-state index is 12.4. The standard InChI is InChI=1S/C15H19Cl2N3O.C6H5Cl/c16-11-3-4-14(12(17)10-11)19-6-8-20(9-7-19)15(21)13-2-1-5-18-13;7-6-4-2-1-3-5-6/h3-4,10,13,18H,1-2,5-9H2;1-5H/t13-;/m0./s1. The Morgan fingerprint density at radius 2 is 1.64 bits per heavy atom. The minimum Gasteiger partial charge on any atom is -0.367 e. The highest BCUT2D eigenvalue weighted by Gasteiger charge is 2.29. The molecule has 2 aliphatic heterocycles. The average molecular weight is 441 g/mol. The van der Waals surface area contributed by atoms with Gasteiger partial charge in [-0.1, -0.05) is 53.0 Å². The Bertz CT molecular complexity index is 774. The van der Waals surface area contributed by atoms with Crippen LogP contribution in [0.4, 0.5) is 5.69 Å². The second-order valence-corrected chi connectivity index (χ2v) is 8.13. The largest absolute Gasteiger partial charge is 0.367 e. The van der Waals surface area contributed by atoms with Crippen molar-refractivity contribution in [1.82, 2.24) is 10.2 Å². The summed E-state index contributed by atoms with van der Waals surface area (Å²) >= 11 is 17.7. The van der Waals surface area contributed by atoms with Gasteiger partial charge in [0.05, 0.1) is 16.8 Å². The van der Waals surface area contributed by atoms with Crippen molar-refractivity contribution in [2.75, 3.05) is 37.6 Å². The number of rotatable bonds is 2. The van der Waals surface area contributed by atoms with E-state index in [0.29, 0.717) is 10.0 Å². The van der Waals surface area contributed by atoms with Crippen LogP contribution in [-0.2, 0) is 4.79 Å². The van der Waals surface area contributed by atoms with Crippen molar-refractivity contribution in [3.8, 4) is 0 Å². The number of piperazine rings is 1. The van der Waals surface area contributed by atoms with Crippen LogP contribution in [0.25, 0.3) is 0 Å². The quantitative estimate of drug-likeness (QED) is 0.733. The summed E-state index contributed by atoms with van der Waals surface area (Å²) in [6.45, 7) is 4.06. The van der Waals surface area contributed by atoms with Gasteiger partial charge in [0.1, 0.15) is 0 Å². The molecule has 1 atom stereocenters. The van der Waals surface area contributed by atoms with Crippen LogP contribution in [0.2, 0.25) is 15.1 Å². The number of anilines is 1. The molecule has 4 nitrogen and oxygen atoms in total. The summed E-state index contributed by atoms with van der Waals surface area (Å²) < 4.78 is 0. The lowest BCUT2D eigenvalue weighted by atomic mass is 10.1. The topological polar surface area (TPSA) is 35.6 Å². The van der Waals surface area contributed by atoms with Gasteiger partial charge in [-0.2, -0.15) is 0 Å². The summed E-state index contributed by atoms with van der Waals surface area (Å²) in [5.74, 6) is 0.245. The van der Waals surface area contributed by atoms with Crippen molar-refractivity contribution >= 4 is 46.4 Å². The third-order valence-corrected chi connectivity index (χ3v) is 5.72. The van der Waals surface area contributed by atoms with Crippen molar-refractivity contribution in [3.63, 3.8) is 0 Å². The van der Waals surface area contributed by atoms with Crippen LogP contribution in [0, 0.1) is 0 Å². The van der Waals surface area contributed by atoms with Crippen molar-refractivity contribution < 1.29 is 4.79 Å². The highest BCUT2D eigenvalue weighted by molar-refractivity contribution is 6.36. The maximum Gasteiger partial charge on any atom is 0.239 e. The molecule has 150 valence electrons. The minimum absolute atomic E-state index is 0.0238. The van der Waals surface area contributed by atoms with E-state index in [9.17, 15) is 4.79 Å². The van der Waals surface area contributed by atoms with E-state index in [1.54, 1.807) is 6.07 Å². The molecule has 4 rings (SSSR count). The van der Waals surface area contributed by atoms with Crippen LogP contribution in [0.1, 0.15) is 12.8 Å². The highest BCUT2D eigenvalue weighted by Crippen LogP contribution is 2.29. The molecule has 0 spiro atoms. The number of benzene rings is 2. The summed E-state index contributed by atoms with van der Waals surface area (Å²) in [5, 5.41) is 5.38. The van der Waals surface area contributed by atoms with Gasteiger partial charge >= 0.3 is 0 Å². The Hall–Kier alpha value is -1.46. The number of nitrogens with one attached hydrogen (secondary N) is 1. The van der Waals surface area contributed by atoms with E-state index in [-0.39, 0.29) is 11.9 Å². The van der Waals surface area contributed by atoms with E-state index in [0.717, 1.165) is 56.3 Å². The zero-order chi connectivity index (χ0) is 19.9. The molecule has 0 unspecified atom stereocenters. The predicted octanol–water partition coefficient (Wildman–Crippen LogP) is 4.73. The Morgan fingerprint density at radius 1 is 0.929 bits per heavy atom. The average Bonchev–Trinajstić information content (AvgIpc) is 3.24. The zero-order valence-electron chi connectivity index (χ0n) is 15.6. The second-order valence-electron chi connectivity index (χ2n) is 6.85. The first-order chi connectivity index (χ1) is 13.5. The van der Waals surface area contributed by atoms with Crippen LogP contribution < -0.4 is 10.2 Å². The number of carbonyl (C=O) groups excluding carboxylic acids is 1. The summed E-state index contributed by atoms with van der Waals surface area (Å²) in [5.41, 5.74) is 0.993. The molecule has 7 heteroatoms. The fraction of sp³-hybridized carbons (Fsp3) is 0.381. The number of amides is 1. The fourth-order valence-electron chi connectivity index (χ4n) is 3.44. The molecule has 2 aromatic rings. The van der Waals surface area contributed by atoms with Crippen LogP contribution >= 0.6 is 34.8 Å². The van der Waals surface area contributed by atoms with E-state index in [1.165, 1.54) is 0 Å². The molecule has 0 radical (unpaired) electrons. The number of hydrogen-bond donors (Lipinski definition) is 1. The normalized spacial score (nSPS) is 19.2. The lowest BCUT2D eigenvalue weighted by Gasteiger charge is -2.37. The highest BCUT2D eigenvalue weighted by atomic mass is 35.5. The van der Waals surface area contributed by atoms with Crippen molar-refractivity contribution in [3.05, 3.63) is 63.6 Å². The smallest absolute Gasteiger partial charge is 0.239 e. The molecule has 0 saturated carbocycles. The molecule has 0 aromatic heterocycles. The van der Waals surface area contributed by atoms with Gasteiger partial charge in [0.2, 0.25) is 5.91 Å². The Morgan fingerprint density at radius 3 is 2.18 bits per heavy atom. The van der Waals surface area contributed by atoms with Gasteiger partial charge in [-0.3, -0.25) is 4.79 Å². The number of hydrogen-bond acceptors (Lipinski definition) is 3. The van der Waals surface area contributed by atoms with Gasteiger partial charge < -0.3 is 15.1 Å². The lowest BCUT2D eigenvalue weighted by Crippen LogP contribution is -2.53. The van der Waals surface area contributed by atoms with Crippen LogP contribution in [0.15, 0.2) is 48.5 Å². The van der Waals surface area contributed by atoms with Crippen molar-refractivity contribution in [1.29, 1.82) is 0 Å². The first kappa shape index (κ1) is 21.3. The van der Waals surface area contributed by atoms with E-state index in [1.807, 2.05) is 47.4 Å². The maximum absolute atomic E-state index is 12.4. The van der Waals surface area contributed by atoms with Crippen molar-refractivity contribution in [2.24, 2.45) is 0 Å². The first-order valence-electron chi connectivity index (χ1n) is 9.47. The third-order valence-electron chi connectivity index (χ3n) is 4.93. The van der Waals surface area contributed by atoms with E-state index in [4.69, 9.17) is 34.8 Å². The summed E-state index contributed by atoms with van der Waals surface area (Å²) in [6, 6.07) is 15.0. The van der Waals surface area contributed by atoms with Crippen LogP contribution in [0.5, 0.6) is 0 Å². The van der Waals surface area contributed by atoms with Gasteiger partial charge in [-0.25, -0.2) is 0 Å². The zero-order valence-corrected chi connectivity index (χ0v) is 17.9. The second kappa shape index (κ2) is 10.4. The minimum atomic E-state index is 0.0238. The SMILES string of the molecule is Clc1ccccc1.O=C([C@@H]1CCCN1)N1CCN(c2ccc(Cl)cc2Cl)CC1. The van der Waals surface area contributed by atoms with Gasteiger partial charge in [-0.15, -0.1) is 0 Å². The molecule has 2 fully saturated rings. The first-order valence-corrected chi connectivity index (χ1v) is 10.6. The van der Waals surface area contributed by atoms with E-state index in [2.05, 4.69) is 10.2 Å². The molecule has 2 aromatic carbocycles. The Kier molecular flexibility index (Phi) is 7.86. The monoisotopic (exact) mass is 439 g/mol. The van der Waals surface area contributed by atoms with Gasteiger partial charge in [-0.05, 0) is 49.7 Å². The molecule has 2 aliphatic rings. The van der Waals surface area contributed by atoms with Crippen LogP contribution in [0.3, 0.4) is 0 Å². The molecule has 1 amide bonds. The summed E-state index contributed by atoms with van der Waals surface area (Å²) in [7, 11) is 0. The number of halogens is 3. The molecule has 2 heterocycles. The van der Waals surface area contributed by atoms with Crippen molar-refractivity contribution in [2.45, 2.75) is 18.9 Å². The predicted molar refractivity (Wildman–Crippen MR) is 118 cm³/mol. The molecule has 0 aliphatic carbocycles. The fourth-order valence-corrected chi connectivity index (χ4v) is 4.11. The lowest BCUT2D eigenvalue weighted by molar-refractivity contribution is -0.133.